The third-order valence-corrected chi connectivity index (χ3v) is 3.05. The number of carbonyl (C=O) groups excluding carboxylic acids is 1. The topological polar surface area (TPSA) is 92.5 Å². The van der Waals surface area contributed by atoms with Gasteiger partial charge in [0.1, 0.15) is 5.56 Å². The van der Waals surface area contributed by atoms with Crippen LogP contribution in [0.25, 0.3) is 0 Å². The summed E-state index contributed by atoms with van der Waals surface area (Å²) in [5.41, 5.74) is -0.451. The van der Waals surface area contributed by atoms with E-state index in [-0.39, 0.29) is 23.2 Å². The Balaban J connectivity index is 2.63. The summed E-state index contributed by atoms with van der Waals surface area (Å²) in [7, 11) is 0. The molecular weight excluding hydrogens is 260 g/mol. The van der Waals surface area contributed by atoms with E-state index >= 15 is 0 Å². The molecule has 0 radical (unpaired) electrons. The van der Waals surface area contributed by atoms with Crippen LogP contribution in [-0.2, 0) is 0 Å². The molecule has 0 aliphatic heterocycles. The second-order valence-corrected chi connectivity index (χ2v) is 5.70. The summed E-state index contributed by atoms with van der Waals surface area (Å²) in [4.78, 5) is 22.1. The van der Waals surface area contributed by atoms with Gasteiger partial charge in [-0.25, -0.2) is 0 Å². The van der Waals surface area contributed by atoms with E-state index in [0.717, 1.165) is 0 Å². The van der Waals surface area contributed by atoms with Gasteiger partial charge in [0, 0.05) is 12.6 Å². The van der Waals surface area contributed by atoms with Gasteiger partial charge in [-0.3, -0.25) is 14.9 Å². The van der Waals surface area contributed by atoms with Crippen molar-refractivity contribution in [1.29, 1.82) is 0 Å². The molecule has 1 amide bonds. The lowest BCUT2D eigenvalue weighted by atomic mass is 9.87. The average Bonchev–Trinajstić information content (AvgIpc) is 2.37. The first kappa shape index (κ1) is 16.1. The van der Waals surface area contributed by atoms with Gasteiger partial charge in [-0.15, -0.1) is 0 Å². The van der Waals surface area contributed by atoms with E-state index in [1.165, 1.54) is 18.2 Å². The summed E-state index contributed by atoms with van der Waals surface area (Å²) in [5, 5.41) is 23.3. The zero-order valence-electron chi connectivity index (χ0n) is 11.9. The van der Waals surface area contributed by atoms with Crippen molar-refractivity contribution in [1.82, 2.24) is 5.32 Å². The average molecular weight is 280 g/mol. The van der Waals surface area contributed by atoms with Gasteiger partial charge in [0.05, 0.1) is 11.0 Å². The van der Waals surface area contributed by atoms with Crippen molar-refractivity contribution in [2.75, 3.05) is 6.54 Å². The SMILES string of the molecule is CC(C)(C)C(O)CCNC(=O)c1ccccc1[N+](=O)[O-]. The minimum absolute atomic E-state index is 0.0303. The van der Waals surface area contributed by atoms with Crippen molar-refractivity contribution in [3.63, 3.8) is 0 Å². The van der Waals surface area contributed by atoms with E-state index in [0.29, 0.717) is 6.42 Å². The van der Waals surface area contributed by atoms with Crippen molar-refractivity contribution in [3.05, 3.63) is 39.9 Å². The van der Waals surface area contributed by atoms with Gasteiger partial charge in [0.15, 0.2) is 0 Å². The number of para-hydroxylation sites is 1. The quantitative estimate of drug-likeness (QED) is 0.638. The Morgan fingerprint density at radius 3 is 2.55 bits per heavy atom. The van der Waals surface area contributed by atoms with Crippen LogP contribution in [0.5, 0.6) is 0 Å². The fourth-order valence-electron chi connectivity index (χ4n) is 1.68. The van der Waals surface area contributed by atoms with Crippen LogP contribution in [0.4, 0.5) is 5.69 Å². The maximum Gasteiger partial charge on any atom is 0.282 e. The Bertz CT molecular complexity index is 494. The van der Waals surface area contributed by atoms with Crippen LogP contribution < -0.4 is 5.32 Å². The highest BCUT2D eigenvalue weighted by atomic mass is 16.6. The second-order valence-electron chi connectivity index (χ2n) is 5.70. The van der Waals surface area contributed by atoms with Crippen LogP contribution in [0.15, 0.2) is 24.3 Å². The van der Waals surface area contributed by atoms with Crippen molar-refractivity contribution < 1.29 is 14.8 Å². The number of amides is 1. The maximum absolute atomic E-state index is 11.9. The molecule has 0 heterocycles. The van der Waals surface area contributed by atoms with E-state index in [9.17, 15) is 20.0 Å². The molecule has 0 aliphatic carbocycles. The first-order valence-electron chi connectivity index (χ1n) is 6.43. The number of aliphatic hydroxyl groups is 1. The lowest BCUT2D eigenvalue weighted by molar-refractivity contribution is -0.385. The lowest BCUT2D eigenvalue weighted by Crippen LogP contribution is -2.32. The van der Waals surface area contributed by atoms with Crippen LogP contribution in [-0.4, -0.2) is 28.6 Å². The molecule has 0 fully saturated rings. The number of rotatable bonds is 5. The summed E-state index contributed by atoms with van der Waals surface area (Å²) < 4.78 is 0. The number of nitro benzene ring substituents is 1. The number of hydrogen-bond donors (Lipinski definition) is 2. The van der Waals surface area contributed by atoms with Gasteiger partial charge in [0.25, 0.3) is 11.6 Å². The highest BCUT2D eigenvalue weighted by Gasteiger charge is 2.23. The first-order chi connectivity index (χ1) is 9.23. The van der Waals surface area contributed by atoms with Gasteiger partial charge >= 0.3 is 0 Å². The van der Waals surface area contributed by atoms with Crippen molar-refractivity contribution >= 4 is 11.6 Å². The third-order valence-electron chi connectivity index (χ3n) is 3.05. The summed E-state index contributed by atoms with van der Waals surface area (Å²) in [5.74, 6) is -0.501. The fourth-order valence-corrected chi connectivity index (χ4v) is 1.68. The molecule has 1 aromatic carbocycles. The van der Waals surface area contributed by atoms with Gasteiger partial charge in [-0.05, 0) is 17.9 Å². The van der Waals surface area contributed by atoms with Crippen molar-refractivity contribution in [3.8, 4) is 0 Å². The lowest BCUT2D eigenvalue weighted by Gasteiger charge is -2.25. The van der Waals surface area contributed by atoms with E-state index in [1.54, 1.807) is 6.07 Å². The smallest absolute Gasteiger partial charge is 0.282 e. The molecule has 6 heteroatoms. The molecule has 0 aliphatic rings. The van der Waals surface area contributed by atoms with Gasteiger partial charge < -0.3 is 10.4 Å². The normalized spacial score (nSPS) is 12.8. The molecule has 0 bridgehead atoms. The highest BCUT2D eigenvalue weighted by molar-refractivity contribution is 5.98. The Kier molecular flexibility index (Phi) is 5.21. The summed E-state index contributed by atoms with van der Waals surface area (Å²) in [6.45, 7) is 5.98. The second kappa shape index (κ2) is 6.47. The zero-order valence-corrected chi connectivity index (χ0v) is 11.9. The van der Waals surface area contributed by atoms with E-state index < -0.39 is 16.9 Å². The van der Waals surface area contributed by atoms with Crippen LogP contribution >= 0.6 is 0 Å². The monoisotopic (exact) mass is 280 g/mol. The molecule has 0 saturated carbocycles. The maximum atomic E-state index is 11.9. The van der Waals surface area contributed by atoms with Gasteiger partial charge in [-0.2, -0.15) is 0 Å². The zero-order chi connectivity index (χ0) is 15.3. The van der Waals surface area contributed by atoms with Crippen LogP contribution in [0.2, 0.25) is 0 Å². The molecule has 0 spiro atoms. The predicted octanol–water partition coefficient (Wildman–Crippen LogP) is 2.12. The first-order valence-corrected chi connectivity index (χ1v) is 6.43. The minimum atomic E-state index is -0.584. The summed E-state index contributed by atoms with van der Waals surface area (Å²) in [6.07, 6.45) is -0.149. The van der Waals surface area contributed by atoms with E-state index in [4.69, 9.17) is 0 Å². The number of nitrogens with zero attached hydrogens (tertiary/aromatic N) is 1. The van der Waals surface area contributed by atoms with E-state index in [1.807, 2.05) is 20.8 Å². The van der Waals surface area contributed by atoms with E-state index in [2.05, 4.69) is 5.32 Å². The van der Waals surface area contributed by atoms with Crippen molar-refractivity contribution in [2.24, 2.45) is 5.41 Å². The number of nitro groups is 1. The number of aliphatic hydroxyl groups excluding tert-OH is 1. The molecule has 20 heavy (non-hydrogen) atoms. The van der Waals surface area contributed by atoms with Crippen LogP contribution in [0.3, 0.4) is 0 Å². The Hall–Kier alpha value is -1.95. The van der Waals surface area contributed by atoms with Crippen molar-refractivity contribution in [2.45, 2.75) is 33.3 Å². The van der Waals surface area contributed by atoms with Crippen LogP contribution in [0, 0.1) is 15.5 Å². The molecule has 6 nitrogen and oxygen atoms in total. The Morgan fingerprint density at radius 2 is 2.00 bits per heavy atom. The molecule has 1 atom stereocenters. The number of carbonyl (C=O) groups is 1. The molecule has 1 aromatic rings. The van der Waals surface area contributed by atoms with Gasteiger partial charge in [-0.1, -0.05) is 32.9 Å². The Labute approximate surface area is 118 Å². The van der Waals surface area contributed by atoms with Gasteiger partial charge in [0.2, 0.25) is 0 Å². The molecule has 1 rings (SSSR count). The predicted molar refractivity (Wildman–Crippen MR) is 75.5 cm³/mol. The summed E-state index contributed by atoms with van der Waals surface area (Å²) >= 11 is 0. The minimum Gasteiger partial charge on any atom is -0.393 e. The fraction of sp³-hybridized carbons (Fsp3) is 0.500. The Morgan fingerprint density at radius 1 is 1.40 bits per heavy atom. The molecule has 1 unspecified atom stereocenters. The number of hydrogen-bond acceptors (Lipinski definition) is 4. The van der Waals surface area contributed by atoms with Crippen LogP contribution in [0.1, 0.15) is 37.6 Å². The largest absolute Gasteiger partial charge is 0.393 e. The number of benzene rings is 1. The third kappa shape index (κ3) is 4.31. The highest BCUT2D eigenvalue weighted by Crippen LogP contribution is 2.21. The molecule has 2 N–H and O–H groups in total. The number of nitrogens with one attached hydrogen (secondary N) is 1. The summed E-state index contributed by atoms with van der Waals surface area (Å²) in [6, 6.07) is 5.79. The standard InChI is InChI=1S/C14H20N2O4/c1-14(2,3)12(17)8-9-15-13(18)10-6-4-5-7-11(10)16(19)20/h4-7,12,17H,8-9H2,1-3H3,(H,15,18). The molecule has 0 aromatic heterocycles. The molecular formula is C14H20N2O4. The molecule has 110 valence electrons. The molecule has 0 saturated heterocycles.